The lowest BCUT2D eigenvalue weighted by atomic mass is 9.12. The number of alkyl halides is 6. The summed E-state index contributed by atoms with van der Waals surface area (Å²) in [6, 6.07) is 18.4. The first-order valence-corrected chi connectivity index (χ1v) is 20.0. The number of hydrogen-bond acceptors (Lipinski definition) is 0. The fourth-order valence-corrected chi connectivity index (χ4v) is 9.46. The molecule has 7 aromatic rings. The lowest BCUT2D eigenvalue weighted by molar-refractivity contribution is -0.138. The van der Waals surface area contributed by atoms with Crippen LogP contribution in [0, 0.1) is 116 Å². The molecule has 0 unspecified atom stereocenters. The average Bonchev–Trinajstić information content (AvgIpc) is 3.34. The molecule has 0 saturated heterocycles. The van der Waals surface area contributed by atoms with E-state index in [9.17, 15) is 79.0 Å². The average molecular weight is 1080 g/mol. The van der Waals surface area contributed by atoms with E-state index in [1.54, 1.807) is 30.3 Å². The van der Waals surface area contributed by atoms with Gasteiger partial charge in [-0.25, -0.2) is 87.8 Å². The van der Waals surface area contributed by atoms with E-state index in [0.717, 1.165) is 29.2 Å². The van der Waals surface area contributed by atoms with Crippen molar-refractivity contribution in [3.05, 3.63) is 206 Å². The molecule has 7 aromatic carbocycles. The molecule has 0 saturated carbocycles. The van der Waals surface area contributed by atoms with Crippen molar-refractivity contribution in [1.29, 1.82) is 0 Å². The van der Waals surface area contributed by atoms with Crippen LogP contribution in [0.2, 0.25) is 0 Å². The van der Waals surface area contributed by atoms with E-state index in [1.807, 2.05) is 0 Å². The first-order chi connectivity index (χ1) is 33.4. The lowest BCUT2D eigenvalue weighted by Gasteiger charge is -2.44. The molecule has 7 rings (SSSR count). The van der Waals surface area contributed by atoms with Gasteiger partial charge in [0.1, 0.15) is 52.7 Å². The van der Waals surface area contributed by atoms with Crippen molar-refractivity contribution in [2.24, 2.45) is 0 Å². The Bertz CT molecular complexity index is 2810. The molecule has 0 radical (unpaired) electrons. The molecule has 0 aromatic heterocycles. The van der Waals surface area contributed by atoms with Gasteiger partial charge in [-0.3, -0.25) is 0 Å². The van der Waals surface area contributed by atoms with Crippen molar-refractivity contribution in [2.45, 2.75) is 27.0 Å². The zero-order valence-corrected chi connectivity index (χ0v) is 34.6. The van der Waals surface area contributed by atoms with E-state index in [0.29, 0.717) is 9.79 Å². The van der Waals surface area contributed by atoms with Gasteiger partial charge in [0.15, 0.2) is 84.5 Å². The highest BCUT2D eigenvalue weighted by molar-refractivity contribution is 7.97. The molecule has 0 heterocycles. The van der Waals surface area contributed by atoms with E-state index < -0.39 is 179 Å². The maximum absolute atomic E-state index is 15.4. The normalized spacial score (nSPS) is 12.2. The van der Waals surface area contributed by atoms with Gasteiger partial charge in [-0.1, -0.05) is 18.2 Å². The minimum absolute atomic E-state index is 0.592. The van der Waals surface area contributed by atoms with Gasteiger partial charge in [0.2, 0.25) is 0 Å². The van der Waals surface area contributed by atoms with Crippen molar-refractivity contribution in [3.63, 3.8) is 0 Å². The molecular formula is C44H13BF26S. The van der Waals surface area contributed by atoms with Gasteiger partial charge >= 0.3 is 12.4 Å². The molecule has 28 heteroatoms. The highest BCUT2D eigenvalue weighted by atomic mass is 32.2. The third-order valence-corrected chi connectivity index (χ3v) is 12.8. The molecule has 0 nitrogen and oxygen atoms in total. The van der Waals surface area contributed by atoms with Crippen LogP contribution in [0.1, 0.15) is 11.1 Å². The summed E-state index contributed by atoms with van der Waals surface area (Å²) >= 11 is 0. The predicted octanol–water partition coefficient (Wildman–Crippen LogP) is 12.7. The fraction of sp³-hybridized carbons (Fsp3) is 0.0455. The Kier molecular flexibility index (Phi) is 14.8. The molecule has 0 spiro atoms. The number of halogens is 26. The smallest absolute Gasteiger partial charge is 0.207 e. The van der Waals surface area contributed by atoms with Crippen molar-refractivity contribution >= 4 is 38.9 Å². The van der Waals surface area contributed by atoms with E-state index in [-0.39, 0.29) is 0 Å². The number of benzene rings is 7. The van der Waals surface area contributed by atoms with Crippen molar-refractivity contribution in [1.82, 2.24) is 0 Å². The predicted molar refractivity (Wildman–Crippen MR) is 201 cm³/mol. The summed E-state index contributed by atoms with van der Waals surface area (Å²) < 4.78 is 371. The van der Waals surface area contributed by atoms with Gasteiger partial charge in [-0.2, -0.15) is 26.3 Å². The van der Waals surface area contributed by atoms with E-state index >= 15 is 35.1 Å². The Morgan fingerprint density at radius 2 is 0.417 bits per heavy atom. The van der Waals surface area contributed by atoms with Gasteiger partial charge in [0.25, 0.3) is 0 Å². The summed E-state index contributed by atoms with van der Waals surface area (Å²) in [6.07, 6.45) is -16.1. The van der Waals surface area contributed by atoms with Crippen LogP contribution in [0.4, 0.5) is 114 Å². The maximum Gasteiger partial charge on any atom is 0.416 e. The van der Waals surface area contributed by atoms with Crippen LogP contribution in [-0.4, -0.2) is 6.15 Å². The summed E-state index contributed by atoms with van der Waals surface area (Å²) in [7, 11) is -0.819. The minimum Gasteiger partial charge on any atom is -0.207 e. The largest absolute Gasteiger partial charge is 0.416 e. The zero-order valence-electron chi connectivity index (χ0n) is 33.8. The van der Waals surface area contributed by atoms with Crippen molar-refractivity contribution < 1.29 is 114 Å². The molecule has 0 fully saturated rings. The fourth-order valence-electron chi connectivity index (χ4n) is 7.40. The van der Waals surface area contributed by atoms with Gasteiger partial charge in [0, 0.05) is 0 Å². The van der Waals surface area contributed by atoms with Gasteiger partial charge in [-0.05, 0) is 60.7 Å². The van der Waals surface area contributed by atoms with E-state index in [2.05, 4.69) is 0 Å². The number of hydrogen-bond donors (Lipinski definition) is 0. The van der Waals surface area contributed by atoms with Crippen LogP contribution in [0.25, 0.3) is 0 Å². The molecule has 0 bridgehead atoms. The second-order valence-electron chi connectivity index (χ2n) is 14.5. The third kappa shape index (κ3) is 8.94. The molecular weight excluding hydrogens is 1070 g/mol. The minimum atomic E-state index is -7.22. The monoisotopic (exact) mass is 1080 g/mol. The topological polar surface area (TPSA) is 0 Å². The Morgan fingerprint density at radius 1 is 0.236 bits per heavy atom. The molecule has 0 aliphatic rings. The molecule has 0 atom stereocenters. The van der Waals surface area contributed by atoms with Crippen LogP contribution in [0.15, 0.2) is 93.5 Å². The Labute approximate surface area is 386 Å². The van der Waals surface area contributed by atoms with Crippen molar-refractivity contribution in [2.75, 3.05) is 0 Å². The molecule has 0 N–H and O–H groups in total. The van der Waals surface area contributed by atoms with E-state index in [1.165, 1.54) is 24.3 Å². The van der Waals surface area contributed by atoms with E-state index in [4.69, 9.17) is 0 Å². The van der Waals surface area contributed by atoms with Crippen molar-refractivity contribution in [3.8, 4) is 0 Å². The molecule has 380 valence electrons. The Balaban J connectivity index is 0.000000266. The second-order valence-corrected chi connectivity index (χ2v) is 16.5. The van der Waals surface area contributed by atoms with Crippen LogP contribution in [0.5, 0.6) is 0 Å². The molecule has 72 heavy (non-hydrogen) atoms. The standard InChI is InChI=1S/C24BF20.C20H13F6S/c26-5-1(6(27)14(35)21(42)13(5)34)25(2-7(28)15(36)22(43)16(37)8(2)29,3-9(30)17(38)23(44)18(39)10(3)31)4-11(32)19(40)24(45)20(41)12(4)33;21-19(22,23)14-6-10-17(11-7-14)27(16-4-2-1-3-5-16)18-12-8-15(9-13-18)20(24,25)26/h;1-13H/q-1;+1. The Hall–Kier alpha value is -6.87. The lowest BCUT2D eigenvalue weighted by Crippen LogP contribution is -2.81. The second kappa shape index (κ2) is 19.6. The SMILES string of the molecule is FC(F)(F)c1ccc([S+](c2ccccc2)c2ccc(C(F)(F)F)cc2)cc1.Fc1c(F)c(F)c([B-](c2c(F)c(F)c(F)c(F)c2F)(c2c(F)c(F)c(F)c(F)c2F)c2c(F)c(F)c(F)c(F)c2F)c(F)c1F. The van der Waals surface area contributed by atoms with Crippen LogP contribution in [0.3, 0.4) is 0 Å². The van der Waals surface area contributed by atoms with Crippen LogP contribution >= 0.6 is 0 Å². The molecule has 0 aliphatic heterocycles. The zero-order chi connectivity index (χ0) is 54.0. The quantitative estimate of drug-likeness (QED) is 0.0491. The summed E-state index contributed by atoms with van der Waals surface area (Å²) in [5.41, 5.74) is -15.9. The molecule has 0 aliphatic carbocycles. The summed E-state index contributed by atoms with van der Waals surface area (Å²) in [5.74, 6) is -71.4. The summed E-state index contributed by atoms with van der Waals surface area (Å²) in [5, 5.41) is 0. The first-order valence-electron chi connectivity index (χ1n) is 18.7. The highest BCUT2D eigenvalue weighted by Crippen LogP contribution is 2.37. The van der Waals surface area contributed by atoms with Gasteiger partial charge in [-0.15, -0.1) is 21.9 Å². The van der Waals surface area contributed by atoms with Crippen LogP contribution in [-0.2, 0) is 23.2 Å². The first kappa shape index (κ1) is 54.5. The summed E-state index contributed by atoms with van der Waals surface area (Å²) in [4.78, 5) is 1.99. The maximum atomic E-state index is 15.4. The highest BCUT2D eigenvalue weighted by Gasteiger charge is 2.52. The summed E-state index contributed by atoms with van der Waals surface area (Å²) in [6.45, 7) is 0. The van der Waals surface area contributed by atoms with Gasteiger partial charge < -0.3 is 0 Å². The van der Waals surface area contributed by atoms with Crippen LogP contribution < -0.4 is 21.9 Å². The van der Waals surface area contributed by atoms with Gasteiger partial charge in [0.05, 0.1) is 22.0 Å². The third-order valence-electron chi connectivity index (χ3n) is 10.5. The Morgan fingerprint density at radius 3 is 0.611 bits per heavy atom. The molecule has 0 amide bonds. The number of rotatable bonds is 7.